The lowest BCUT2D eigenvalue weighted by atomic mass is 9.60. The lowest BCUT2D eigenvalue weighted by Gasteiger charge is -2.46. The van der Waals surface area contributed by atoms with Gasteiger partial charge in [-0.25, -0.2) is 27.6 Å². The molecule has 13 heteroatoms. The maximum Gasteiger partial charge on any atom is 0.244 e. The summed E-state index contributed by atoms with van der Waals surface area (Å²) in [5.74, 6) is 2.57. The first-order chi connectivity index (χ1) is 19.6. The molecular formula is C28H28F2N8O2S. The molecule has 0 spiro atoms. The van der Waals surface area contributed by atoms with E-state index >= 15 is 0 Å². The van der Waals surface area contributed by atoms with Crippen molar-refractivity contribution in [2.45, 2.75) is 43.8 Å². The van der Waals surface area contributed by atoms with Crippen LogP contribution in [0.3, 0.4) is 0 Å². The average Bonchev–Trinajstić information content (AvgIpc) is 3.58. The van der Waals surface area contributed by atoms with Crippen molar-refractivity contribution in [1.29, 1.82) is 0 Å². The Kier molecular flexibility index (Phi) is 6.65. The fraction of sp³-hybridized carbons (Fsp3) is 0.321. The van der Waals surface area contributed by atoms with Gasteiger partial charge in [-0.05, 0) is 61.4 Å². The van der Waals surface area contributed by atoms with Gasteiger partial charge in [0.25, 0.3) is 0 Å². The lowest BCUT2D eigenvalue weighted by molar-refractivity contribution is 0.0741. The number of Topliss-reactive ketones (excluding diaryl/α,β-unsaturated/α-hetero) is 1. The molecule has 3 atom stereocenters. The molecule has 2 aliphatic carbocycles. The molecule has 0 N–H and O–H groups in total. The minimum absolute atomic E-state index is 0.0277. The number of hydrogen-bond acceptors (Lipinski definition) is 7. The van der Waals surface area contributed by atoms with Gasteiger partial charge in [-0.2, -0.15) is 9.49 Å². The summed E-state index contributed by atoms with van der Waals surface area (Å²) in [5.41, 5.74) is 1.96. The molecule has 1 saturated carbocycles. The molecule has 212 valence electrons. The van der Waals surface area contributed by atoms with Gasteiger partial charge >= 0.3 is 0 Å². The highest BCUT2D eigenvalue weighted by molar-refractivity contribution is 7.98. The second kappa shape index (κ2) is 10.1. The van der Waals surface area contributed by atoms with Crippen LogP contribution in [0.25, 0.3) is 11.8 Å². The molecule has 10 nitrogen and oxygen atoms in total. The lowest BCUT2D eigenvalue weighted by Crippen LogP contribution is -2.50. The topological polar surface area (TPSA) is 112 Å². The minimum atomic E-state index is -3.06. The van der Waals surface area contributed by atoms with Crippen LogP contribution >= 0.6 is 0 Å². The highest BCUT2D eigenvalue weighted by atomic mass is 32.2. The Labute approximate surface area is 235 Å². The van der Waals surface area contributed by atoms with Gasteiger partial charge < -0.3 is 0 Å². The van der Waals surface area contributed by atoms with Gasteiger partial charge in [-0.3, -0.25) is 14.5 Å². The van der Waals surface area contributed by atoms with Crippen LogP contribution < -0.4 is 0 Å². The molecule has 4 aromatic heterocycles. The van der Waals surface area contributed by atoms with Crippen molar-refractivity contribution in [2.24, 2.45) is 12.5 Å². The molecule has 4 aromatic rings. The van der Waals surface area contributed by atoms with Crippen molar-refractivity contribution in [3.8, 4) is 5.69 Å². The summed E-state index contributed by atoms with van der Waals surface area (Å²) < 4.78 is 46.7. The third-order valence-electron chi connectivity index (χ3n) is 7.94. The predicted octanol–water partition coefficient (Wildman–Crippen LogP) is 3.44. The number of pyridine rings is 2. The van der Waals surface area contributed by atoms with E-state index in [0.29, 0.717) is 31.5 Å². The first kappa shape index (κ1) is 27.1. The normalized spacial score (nSPS) is 21.6. The van der Waals surface area contributed by atoms with E-state index in [2.05, 4.69) is 31.0 Å². The van der Waals surface area contributed by atoms with E-state index in [-0.39, 0.29) is 29.1 Å². The smallest absolute Gasteiger partial charge is 0.244 e. The van der Waals surface area contributed by atoms with Crippen molar-refractivity contribution in [3.05, 3.63) is 83.5 Å². The Morgan fingerprint density at radius 2 is 2.05 bits per heavy atom. The van der Waals surface area contributed by atoms with Crippen molar-refractivity contribution in [2.75, 3.05) is 6.54 Å². The zero-order valence-corrected chi connectivity index (χ0v) is 23.4. The fourth-order valence-corrected chi connectivity index (χ4v) is 7.84. The summed E-state index contributed by atoms with van der Waals surface area (Å²) in [7, 11) is -1.36. The number of carbonyl (C=O) groups excluding carboxylic acids is 1. The fourth-order valence-electron chi connectivity index (χ4n) is 6.08. The van der Waals surface area contributed by atoms with E-state index in [9.17, 15) is 17.8 Å². The van der Waals surface area contributed by atoms with E-state index in [4.69, 9.17) is 0 Å². The summed E-state index contributed by atoms with van der Waals surface area (Å²) in [6.45, 7) is 2.29. The number of carbonyl (C=O) groups is 1. The summed E-state index contributed by atoms with van der Waals surface area (Å²) >= 11 is 0. The number of aryl methyl sites for hydroxylation is 1. The largest absolute Gasteiger partial charge is 0.291 e. The zero-order valence-electron chi connectivity index (χ0n) is 22.6. The summed E-state index contributed by atoms with van der Waals surface area (Å²) in [6, 6.07) is 4.90. The Bertz CT molecular complexity index is 1780. The molecule has 1 fully saturated rings. The van der Waals surface area contributed by atoms with E-state index in [0.717, 1.165) is 22.9 Å². The van der Waals surface area contributed by atoms with Gasteiger partial charge in [0.15, 0.2) is 5.78 Å². The van der Waals surface area contributed by atoms with Crippen LogP contribution in [0.1, 0.15) is 47.9 Å². The van der Waals surface area contributed by atoms with Crippen molar-refractivity contribution >= 4 is 27.4 Å². The summed E-state index contributed by atoms with van der Waals surface area (Å²) in [5, 5.41) is 8.92. The van der Waals surface area contributed by atoms with Crippen LogP contribution in [0.4, 0.5) is 8.78 Å². The maximum atomic E-state index is 14.3. The highest BCUT2D eigenvalue weighted by Crippen LogP contribution is 2.51. The molecule has 1 unspecified atom stereocenters. The average molecular weight is 579 g/mol. The van der Waals surface area contributed by atoms with E-state index in [1.807, 2.05) is 13.0 Å². The Morgan fingerprint density at radius 1 is 1.22 bits per heavy atom. The van der Waals surface area contributed by atoms with Crippen molar-refractivity contribution in [1.82, 2.24) is 38.8 Å². The minimum Gasteiger partial charge on any atom is -0.291 e. The molecule has 2 aliphatic rings. The predicted molar refractivity (Wildman–Crippen MR) is 149 cm³/mol. The quantitative estimate of drug-likeness (QED) is 0.188. The first-order valence-electron chi connectivity index (χ1n) is 13.2. The highest BCUT2D eigenvalue weighted by Gasteiger charge is 2.51. The molecule has 4 heterocycles. The number of aromatic nitrogens is 7. The van der Waals surface area contributed by atoms with Crippen LogP contribution in [0.5, 0.6) is 0 Å². The second-order valence-electron chi connectivity index (χ2n) is 10.4. The molecule has 0 aliphatic heterocycles. The third-order valence-corrected chi connectivity index (χ3v) is 10.0. The van der Waals surface area contributed by atoms with Crippen LogP contribution in [-0.2, 0) is 23.2 Å². The van der Waals surface area contributed by atoms with Crippen LogP contribution in [0, 0.1) is 17.2 Å². The standard InChI is InChI=1S/C28H28F2N8O2S/c1-4-37(41(3,40)27-33-17-36(2)35-27)21-6-5-19-11-24-18(15-34-38(24)22-7-8-25(30)32-16-22)13-28(19,14-21)26(39)23-12-20(29)9-10-31-23/h7-12,15-17,21H,3-6,13-14H2,1-2H3/t21-,28-,41?/m0/s1. The number of rotatable bonds is 7. The summed E-state index contributed by atoms with van der Waals surface area (Å²) in [6.07, 6.45) is 9.51. The molecule has 6 rings (SSSR count). The zero-order chi connectivity index (χ0) is 28.9. The van der Waals surface area contributed by atoms with Crippen LogP contribution in [0.2, 0.25) is 0 Å². The second-order valence-corrected chi connectivity index (χ2v) is 12.5. The molecule has 0 saturated heterocycles. The molecule has 0 radical (unpaired) electrons. The number of ketones is 1. The van der Waals surface area contributed by atoms with Crippen molar-refractivity contribution < 1.29 is 17.8 Å². The maximum absolute atomic E-state index is 14.3. The number of halogens is 2. The van der Waals surface area contributed by atoms with Gasteiger partial charge in [-0.1, -0.05) is 12.5 Å². The van der Waals surface area contributed by atoms with E-state index in [1.165, 1.54) is 35.5 Å². The van der Waals surface area contributed by atoms with E-state index in [1.54, 1.807) is 28.3 Å². The van der Waals surface area contributed by atoms with Gasteiger partial charge in [0.1, 0.15) is 17.8 Å². The Balaban J connectivity index is 1.44. The molecular weight excluding hydrogens is 550 g/mol. The van der Waals surface area contributed by atoms with E-state index < -0.39 is 26.9 Å². The monoisotopic (exact) mass is 578 g/mol. The number of allylic oxidation sites excluding steroid dienone is 1. The Hall–Kier alpha value is -4.10. The van der Waals surface area contributed by atoms with Crippen LogP contribution in [-0.4, -0.2) is 67.3 Å². The van der Waals surface area contributed by atoms with Gasteiger partial charge in [0.05, 0.1) is 38.9 Å². The molecule has 0 aromatic carbocycles. The van der Waals surface area contributed by atoms with Gasteiger partial charge in [0.2, 0.25) is 11.1 Å². The number of fused-ring (bicyclic) bond motifs is 2. The molecule has 0 amide bonds. The number of nitrogens with zero attached hydrogens (tertiary/aromatic N) is 8. The molecule has 41 heavy (non-hydrogen) atoms. The van der Waals surface area contributed by atoms with Gasteiger partial charge in [0, 0.05) is 31.9 Å². The first-order valence-corrected chi connectivity index (χ1v) is 14.9. The van der Waals surface area contributed by atoms with Crippen LogP contribution in [0.15, 0.2) is 59.9 Å². The summed E-state index contributed by atoms with van der Waals surface area (Å²) in [4.78, 5) is 26.5. The third kappa shape index (κ3) is 4.58. The van der Waals surface area contributed by atoms with Gasteiger partial charge in [-0.15, -0.1) is 5.10 Å². The molecule has 0 bridgehead atoms. The Morgan fingerprint density at radius 3 is 2.73 bits per heavy atom. The van der Waals surface area contributed by atoms with Crippen molar-refractivity contribution in [3.63, 3.8) is 0 Å². The number of hydrogen-bond donors (Lipinski definition) is 0. The SMILES string of the molecule is C=S(=O)(c1ncn(C)n1)N(CC)[C@H]1CCC2=Cc3c(cnn3-c3ccc(F)nc3)C[C@]2(C(=O)c2cc(F)ccn2)C1.